The molecule has 1 fully saturated rings. The molecule has 1 atom stereocenters. The summed E-state index contributed by atoms with van der Waals surface area (Å²) in [5.41, 5.74) is 3.14. The number of anilines is 1. The second-order valence-electron chi connectivity index (χ2n) is 6.44. The van der Waals surface area contributed by atoms with Crippen molar-refractivity contribution < 1.29 is 0 Å². The van der Waals surface area contributed by atoms with Crippen LogP contribution in [0.2, 0.25) is 0 Å². The Hall–Kier alpha value is -1.94. The van der Waals surface area contributed by atoms with Crippen LogP contribution < -0.4 is 4.90 Å². The molecule has 3 aromatic rings. The molecule has 0 unspecified atom stereocenters. The van der Waals surface area contributed by atoms with Gasteiger partial charge in [0, 0.05) is 28.0 Å². The van der Waals surface area contributed by atoms with Crippen molar-refractivity contribution in [2.24, 2.45) is 0 Å². The number of rotatable bonds is 2. The quantitative estimate of drug-likeness (QED) is 0.591. The predicted octanol–water partition coefficient (Wildman–Crippen LogP) is 5.44. The SMILES string of the molecule is C[C@H]1CCCCN1c1nc(-c2ccccc2)c2cc(Br)ccc2n1. The molecule has 0 radical (unpaired) electrons. The lowest BCUT2D eigenvalue weighted by atomic mass is 10.0. The zero-order chi connectivity index (χ0) is 16.5. The Balaban J connectivity index is 1.92. The smallest absolute Gasteiger partial charge is 0.226 e. The molecule has 122 valence electrons. The van der Waals surface area contributed by atoms with E-state index in [1.54, 1.807) is 0 Å². The number of piperidine rings is 1. The maximum absolute atomic E-state index is 4.98. The average molecular weight is 382 g/mol. The Kier molecular flexibility index (Phi) is 4.23. The normalized spacial score (nSPS) is 18.1. The van der Waals surface area contributed by atoms with Gasteiger partial charge in [-0.2, -0.15) is 0 Å². The van der Waals surface area contributed by atoms with E-state index >= 15 is 0 Å². The summed E-state index contributed by atoms with van der Waals surface area (Å²) in [4.78, 5) is 12.2. The molecule has 1 aliphatic heterocycles. The van der Waals surface area contributed by atoms with E-state index in [1.165, 1.54) is 19.3 Å². The van der Waals surface area contributed by atoms with Crippen molar-refractivity contribution in [2.75, 3.05) is 11.4 Å². The van der Waals surface area contributed by atoms with E-state index in [0.717, 1.165) is 39.1 Å². The predicted molar refractivity (Wildman–Crippen MR) is 103 cm³/mol. The van der Waals surface area contributed by atoms with E-state index in [2.05, 4.69) is 64.2 Å². The minimum Gasteiger partial charge on any atom is -0.338 e. The van der Waals surface area contributed by atoms with Crippen LogP contribution in [0.3, 0.4) is 0 Å². The molecule has 1 aliphatic rings. The second-order valence-corrected chi connectivity index (χ2v) is 7.35. The zero-order valence-corrected chi connectivity index (χ0v) is 15.3. The van der Waals surface area contributed by atoms with Gasteiger partial charge < -0.3 is 4.90 Å². The molecule has 0 N–H and O–H groups in total. The minimum absolute atomic E-state index is 0.496. The number of nitrogens with zero attached hydrogens (tertiary/aromatic N) is 3. The lowest BCUT2D eigenvalue weighted by Crippen LogP contribution is -2.38. The Bertz CT molecular complexity index is 863. The summed E-state index contributed by atoms with van der Waals surface area (Å²) in [6.07, 6.45) is 3.72. The molecule has 1 saturated heterocycles. The molecule has 0 spiro atoms. The molecule has 4 rings (SSSR count). The van der Waals surface area contributed by atoms with E-state index < -0.39 is 0 Å². The highest BCUT2D eigenvalue weighted by atomic mass is 79.9. The maximum Gasteiger partial charge on any atom is 0.226 e. The maximum atomic E-state index is 4.98. The number of aromatic nitrogens is 2. The summed E-state index contributed by atoms with van der Waals surface area (Å²) in [6, 6.07) is 17.1. The van der Waals surface area contributed by atoms with Crippen LogP contribution in [0.4, 0.5) is 5.95 Å². The van der Waals surface area contributed by atoms with Crippen molar-refractivity contribution >= 4 is 32.8 Å². The first-order valence-corrected chi connectivity index (χ1v) is 9.31. The highest BCUT2D eigenvalue weighted by molar-refractivity contribution is 9.10. The van der Waals surface area contributed by atoms with Gasteiger partial charge in [0.2, 0.25) is 5.95 Å². The lowest BCUT2D eigenvalue weighted by Gasteiger charge is -2.33. The molecule has 0 bridgehead atoms. The highest BCUT2D eigenvalue weighted by Crippen LogP contribution is 2.31. The van der Waals surface area contributed by atoms with Crippen LogP contribution in [0, 0.1) is 0 Å². The molecule has 0 aliphatic carbocycles. The van der Waals surface area contributed by atoms with Crippen LogP contribution in [0.5, 0.6) is 0 Å². The van der Waals surface area contributed by atoms with Gasteiger partial charge in [-0.05, 0) is 44.4 Å². The monoisotopic (exact) mass is 381 g/mol. The van der Waals surface area contributed by atoms with Gasteiger partial charge in [-0.25, -0.2) is 9.97 Å². The summed E-state index contributed by atoms with van der Waals surface area (Å²) in [7, 11) is 0. The van der Waals surface area contributed by atoms with Gasteiger partial charge in [0.05, 0.1) is 11.2 Å². The van der Waals surface area contributed by atoms with Crippen LogP contribution >= 0.6 is 15.9 Å². The first-order valence-electron chi connectivity index (χ1n) is 8.52. The summed E-state index contributed by atoms with van der Waals surface area (Å²) >= 11 is 3.58. The Labute approximate surface area is 150 Å². The van der Waals surface area contributed by atoms with Gasteiger partial charge in [0.15, 0.2) is 0 Å². The van der Waals surface area contributed by atoms with Crippen molar-refractivity contribution in [3.05, 3.63) is 53.0 Å². The molecule has 4 heteroatoms. The standard InChI is InChI=1S/C20H20BrN3/c1-14-7-5-6-12-24(14)20-22-18-11-10-16(21)13-17(18)19(23-20)15-8-3-2-4-9-15/h2-4,8-11,13-14H,5-7,12H2,1H3/t14-/m0/s1. The Morgan fingerprint density at radius 2 is 1.88 bits per heavy atom. The number of hydrogen-bond donors (Lipinski definition) is 0. The number of halogens is 1. The second kappa shape index (κ2) is 6.52. The number of hydrogen-bond acceptors (Lipinski definition) is 3. The van der Waals surface area contributed by atoms with E-state index in [0.29, 0.717) is 6.04 Å². The number of fused-ring (bicyclic) bond motifs is 1. The van der Waals surface area contributed by atoms with Crippen molar-refractivity contribution in [1.29, 1.82) is 0 Å². The first kappa shape index (κ1) is 15.6. The topological polar surface area (TPSA) is 29.0 Å². The molecule has 0 amide bonds. The largest absolute Gasteiger partial charge is 0.338 e. The zero-order valence-electron chi connectivity index (χ0n) is 13.7. The summed E-state index contributed by atoms with van der Waals surface area (Å²) in [5.74, 6) is 0.857. The van der Waals surface area contributed by atoms with Crippen LogP contribution in [0.15, 0.2) is 53.0 Å². The fraction of sp³-hybridized carbons (Fsp3) is 0.300. The van der Waals surface area contributed by atoms with Crippen LogP contribution in [0.1, 0.15) is 26.2 Å². The third kappa shape index (κ3) is 2.91. The lowest BCUT2D eigenvalue weighted by molar-refractivity contribution is 0.478. The fourth-order valence-electron chi connectivity index (χ4n) is 3.43. The average Bonchev–Trinajstić information content (AvgIpc) is 2.62. The van der Waals surface area contributed by atoms with E-state index in [-0.39, 0.29) is 0 Å². The van der Waals surface area contributed by atoms with Gasteiger partial charge in [0.1, 0.15) is 0 Å². The molecule has 1 aromatic heterocycles. The molecule has 2 heterocycles. The molecular formula is C20H20BrN3. The van der Waals surface area contributed by atoms with E-state index in [1.807, 2.05) is 12.1 Å². The third-order valence-corrected chi connectivity index (χ3v) is 5.25. The third-order valence-electron chi connectivity index (χ3n) is 4.75. The summed E-state index contributed by atoms with van der Waals surface area (Å²) in [5, 5.41) is 1.09. The van der Waals surface area contributed by atoms with Gasteiger partial charge in [-0.1, -0.05) is 46.3 Å². The molecule has 3 nitrogen and oxygen atoms in total. The summed E-state index contributed by atoms with van der Waals surface area (Å²) in [6.45, 7) is 3.31. The molecule has 0 saturated carbocycles. The van der Waals surface area contributed by atoms with Crippen LogP contribution in [-0.4, -0.2) is 22.6 Å². The molecule has 24 heavy (non-hydrogen) atoms. The van der Waals surface area contributed by atoms with Crippen molar-refractivity contribution in [2.45, 2.75) is 32.2 Å². The van der Waals surface area contributed by atoms with Crippen molar-refractivity contribution in [3.8, 4) is 11.3 Å². The van der Waals surface area contributed by atoms with Crippen molar-refractivity contribution in [1.82, 2.24) is 9.97 Å². The number of benzene rings is 2. The van der Waals surface area contributed by atoms with Crippen molar-refractivity contribution in [3.63, 3.8) is 0 Å². The van der Waals surface area contributed by atoms with Gasteiger partial charge in [0.25, 0.3) is 0 Å². The van der Waals surface area contributed by atoms with Gasteiger partial charge in [-0.15, -0.1) is 0 Å². The van der Waals surface area contributed by atoms with Crippen LogP contribution in [-0.2, 0) is 0 Å². The van der Waals surface area contributed by atoms with E-state index in [4.69, 9.17) is 9.97 Å². The highest BCUT2D eigenvalue weighted by Gasteiger charge is 2.22. The van der Waals surface area contributed by atoms with Crippen LogP contribution in [0.25, 0.3) is 22.2 Å². The molecular weight excluding hydrogens is 362 g/mol. The van der Waals surface area contributed by atoms with E-state index in [9.17, 15) is 0 Å². The molecule has 2 aromatic carbocycles. The fourth-order valence-corrected chi connectivity index (χ4v) is 3.79. The first-order chi connectivity index (χ1) is 11.7. The van der Waals surface area contributed by atoms with Gasteiger partial charge >= 0.3 is 0 Å². The Morgan fingerprint density at radius 3 is 2.67 bits per heavy atom. The minimum atomic E-state index is 0.496. The summed E-state index contributed by atoms with van der Waals surface area (Å²) < 4.78 is 1.05. The van der Waals surface area contributed by atoms with Gasteiger partial charge in [-0.3, -0.25) is 0 Å². The Morgan fingerprint density at radius 1 is 1.04 bits per heavy atom.